The molecule has 1 atom stereocenters. The van der Waals surface area contributed by atoms with Crippen LogP contribution in [-0.4, -0.2) is 60.6 Å². The first-order valence-electron chi connectivity index (χ1n) is 4.23. The third-order valence-electron chi connectivity index (χ3n) is 1.53. The van der Waals surface area contributed by atoms with Crippen molar-refractivity contribution in [2.45, 2.75) is 6.04 Å². The van der Waals surface area contributed by atoms with Gasteiger partial charge in [0.1, 0.15) is 6.04 Å². The largest absolute Gasteiger partial charge is 0.480 e. The van der Waals surface area contributed by atoms with Crippen molar-refractivity contribution in [1.82, 2.24) is 10.2 Å². The minimum absolute atomic E-state index is 0.405. The first-order valence-corrected chi connectivity index (χ1v) is 5.38. The van der Waals surface area contributed by atoms with Crippen LogP contribution in [0.4, 0.5) is 0 Å². The number of carboxylic acids is 1. The SMILES string of the molecule is CN(C)CCSCC(NC=O)C(=O)O. The molecule has 0 saturated carbocycles. The van der Waals surface area contributed by atoms with Crippen LogP contribution in [0.3, 0.4) is 0 Å². The van der Waals surface area contributed by atoms with E-state index in [2.05, 4.69) is 5.32 Å². The van der Waals surface area contributed by atoms with Crippen molar-refractivity contribution in [2.24, 2.45) is 0 Å². The molecule has 0 aromatic carbocycles. The summed E-state index contributed by atoms with van der Waals surface area (Å²) in [5.41, 5.74) is 0. The van der Waals surface area contributed by atoms with E-state index in [4.69, 9.17) is 5.11 Å². The predicted octanol–water partition coefficient (Wildman–Crippen LogP) is -0.520. The van der Waals surface area contributed by atoms with Crippen molar-refractivity contribution in [3.8, 4) is 0 Å². The quantitative estimate of drug-likeness (QED) is 0.425. The molecule has 0 radical (unpaired) electrons. The maximum atomic E-state index is 10.6. The molecule has 1 amide bonds. The Balaban J connectivity index is 3.61. The molecule has 0 saturated heterocycles. The molecule has 0 fully saturated rings. The van der Waals surface area contributed by atoms with Gasteiger partial charge in [0.05, 0.1) is 0 Å². The van der Waals surface area contributed by atoms with Gasteiger partial charge in [-0.15, -0.1) is 0 Å². The second-order valence-corrected chi connectivity index (χ2v) is 4.20. The van der Waals surface area contributed by atoms with Crippen molar-refractivity contribution in [1.29, 1.82) is 0 Å². The van der Waals surface area contributed by atoms with Gasteiger partial charge in [-0.3, -0.25) is 4.79 Å². The number of nitrogens with zero attached hydrogens (tertiary/aromatic N) is 1. The van der Waals surface area contributed by atoms with Gasteiger partial charge in [-0.1, -0.05) is 0 Å². The summed E-state index contributed by atoms with van der Waals surface area (Å²) in [7, 11) is 3.91. The number of rotatable bonds is 8. The fourth-order valence-corrected chi connectivity index (χ4v) is 1.86. The lowest BCUT2D eigenvalue weighted by Gasteiger charge is -2.12. The molecule has 0 aromatic heterocycles. The summed E-state index contributed by atoms with van der Waals surface area (Å²) in [5, 5.41) is 10.9. The molecule has 14 heavy (non-hydrogen) atoms. The zero-order valence-electron chi connectivity index (χ0n) is 8.40. The van der Waals surface area contributed by atoms with Gasteiger partial charge in [0.15, 0.2) is 0 Å². The highest BCUT2D eigenvalue weighted by Gasteiger charge is 2.15. The van der Waals surface area contributed by atoms with E-state index < -0.39 is 12.0 Å². The number of thioether (sulfide) groups is 1. The zero-order valence-corrected chi connectivity index (χ0v) is 9.21. The van der Waals surface area contributed by atoms with Crippen LogP contribution in [0.25, 0.3) is 0 Å². The maximum absolute atomic E-state index is 10.6. The van der Waals surface area contributed by atoms with Crippen LogP contribution in [0.1, 0.15) is 0 Å². The summed E-state index contributed by atoms with van der Waals surface area (Å²) in [4.78, 5) is 22.7. The van der Waals surface area contributed by atoms with E-state index in [1.54, 1.807) is 0 Å². The third-order valence-corrected chi connectivity index (χ3v) is 2.57. The van der Waals surface area contributed by atoms with E-state index in [0.29, 0.717) is 12.2 Å². The van der Waals surface area contributed by atoms with Crippen LogP contribution < -0.4 is 5.32 Å². The van der Waals surface area contributed by atoms with Crippen LogP contribution in [0.5, 0.6) is 0 Å². The smallest absolute Gasteiger partial charge is 0.327 e. The summed E-state index contributed by atoms with van der Waals surface area (Å²) in [6, 6.07) is -0.778. The monoisotopic (exact) mass is 220 g/mol. The van der Waals surface area contributed by atoms with Crippen LogP contribution in [-0.2, 0) is 9.59 Å². The molecule has 0 aliphatic rings. The molecule has 2 N–H and O–H groups in total. The number of aliphatic carboxylic acids is 1. The topological polar surface area (TPSA) is 69.6 Å². The van der Waals surface area contributed by atoms with E-state index in [1.807, 2.05) is 19.0 Å². The van der Waals surface area contributed by atoms with E-state index in [1.165, 1.54) is 11.8 Å². The average molecular weight is 220 g/mol. The zero-order chi connectivity index (χ0) is 11.0. The summed E-state index contributed by atoms with van der Waals surface area (Å²) in [6.45, 7) is 0.901. The second-order valence-electron chi connectivity index (χ2n) is 3.05. The Morgan fingerprint density at radius 2 is 2.29 bits per heavy atom. The van der Waals surface area contributed by atoms with E-state index in [-0.39, 0.29) is 0 Å². The van der Waals surface area contributed by atoms with Crippen LogP contribution in [0.2, 0.25) is 0 Å². The molecule has 0 bridgehead atoms. The van der Waals surface area contributed by atoms with Crippen LogP contribution in [0.15, 0.2) is 0 Å². The van der Waals surface area contributed by atoms with E-state index in [9.17, 15) is 9.59 Å². The van der Waals surface area contributed by atoms with Gasteiger partial charge in [0, 0.05) is 18.1 Å². The lowest BCUT2D eigenvalue weighted by atomic mass is 10.3. The predicted molar refractivity (Wildman–Crippen MR) is 56.5 cm³/mol. The molecule has 1 unspecified atom stereocenters. The Morgan fingerprint density at radius 3 is 2.71 bits per heavy atom. The molecule has 6 heteroatoms. The molecular weight excluding hydrogens is 204 g/mol. The molecule has 0 rings (SSSR count). The highest BCUT2D eigenvalue weighted by molar-refractivity contribution is 7.99. The second kappa shape index (κ2) is 7.64. The number of nitrogens with one attached hydrogen (secondary N) is 1. The van der Waals surface area contributed by atoms with Crippen molar-refractivity contribution in [3.63, 3.8) is 0 Å². The van der Waals surface area contributed by atoms with Crippen molar-refractivity contribution in [3.05, 3.63) is 0 Å². The van der Waals surface area contributed by atoms with E-state index in [0.717, 1.165) is 12.3 Å². The fraction of sp³-hybridized carbons (Fsp3) is 0.750. The minimum Gasteiger partial charge on any atom is -0.480 e. The van der Waals surface area contributed by atoms with Crippen LogP contribution in [0, 0.1) is 0 Å². The van der Waals surface area contributed by atoms with E-state index >= 15 is 0 Å². The molecule has 0 aliphatic carbocycles. The van der Waals surface area contributed by atoms with Crippen LogP contribution >= 0.6 is 11.8 Å². The molecule has 0 heterocycles. The lowest BCUT2D eigenvalue weighted by molar-refractivity contribution is -0.139. The number of amides is 1. The molecule has 82 valence electrons. The molecule has 0 spiro atoms. The van der Waals surface area contributed by atoms with Gasteiger partial charge in [0.2, 0.25) is 6.41 Å². The van der Waals surface area contributed by atoms with Gasteiger partial charge in [-0.25, -0.2) is 4.79 Å². The van der Waals surface area contributed by atoms with Gasteiger partial charge in [-0.2, -0.15) is 11.8 Å². The number of carboxylic acid groups (broad SMARTS) is 1. The Hall–Kier alpha value is -0.750. The standard InChI is InChI=1S/C8H16N2O3S/c1-10(2)3-4-14-5-7(8(12)13)9-6-11/h6-7H,3-5H2,1-2H3,(H,9,11)(H,12,13). The molecule has 0 aromatic rings. The van der Waals surface area contributed by atoms with Gasteiger partial charge in [-0.05, 0) is 14.1 Å². The summed E-state index contributed by atoms with van der Waals surface area (Å²) in [6.07, 6.45) is 0.422. The minimum atomic E-state index is -0.991. The van der Waals surface area contributed by atoms with Gasteiger partial charge in [0.25, 0.3) is 0 Å². The molecule has 5 nitrogen and oxygen atoms in total. The average Bonchev–Trinajstić information content (AvgIpc) is 2.09. The van der Waals surface area contributed by atoms with Gasteiger partial charge >= 0.3 is 5.97 Å². The fourth-order valence-electron chi connectivity index (χ4n) is 0.721. The number of carbonyl (C=O) groups is 2. The first kappa shape index (κ1) is 13.2. The Labute approximate surface area is 87.8 Å². The first-order chi connectivity index (χ1) is 6.57. The summed E-state index contributed by atoms with van der Waals surface area (Å²) in [5.74, 6) is 0.272. The number of hydrogen-bond donors (Lipinski definition) is 2. The Bertz CT molecular complexity index is 187. The number of hydrogen-bond acceptors (Lipinski definition) is 4. The lowest BCUT2D eigenvalue weighted by Crippen LogP contribution is -2.38. The van der Waals surface area contributed by atoms with Crippen molar-refractivity contribution >= 4 is 24.1 Å². The number of carbonyl (C=O) groups excluding carboxylic acids is 1. The summed E-state index contributed by atoms with van der Waals surface area (Å²) < 4.78 is 0. The Morgan fingerprint density at radius 1 is 1.64 bits per heavy atom. The third kappa shape index (κ3) is 6.73. The molecular formula is C8H16N2O3S. The normalized spacial score (nSPS) is 12.5. The highest BCUT2D eigenvalue weighted by atomic mass is 32.2. The highest BCUT2D eigenvalue weighted by Crippen LogP contribution is 2.02. The Kier molecular flexibility index (Phi) is 7.23. The van der Waals surface area contributed by atoms with Crippen molar-refractivity contribution in [2.75, 3.05) is 32.1 Å². The van der Waals surface area contributed by atoms with Gasteiger partial charge < -0.3 is 15.3 Å². The maximum Gasteiger partial charge on any atom is 0.327 e. The van der Waals surface area contributed by atoms with Crippen molar-refractivity contribution < 1.29 is 14.7 Å². The molecule has 0 aliphatic heterocycles. The summed E-state index contributed by atoms with van der Waals surface area (Å²) >= 11 is 1.51.